The minimum Gasteiger partial charge on any atom is -0.356 e. The van der Waals surface area contributed by atoms with Gasteiger partial charge in [0.25, 0.3) is 5.91 Å². The smallest absolute Gasteiger partial charge is 0.276 e. The largest absolute Gasteiger partial charge is 0.356 e. The van der Waals surface area contributed by atoms with E-state index in [-0.39, 0.29) is 35.4 Å². The number of allylic oxidation sites excluding steroid dienone is 1. The number of hydrogen-bond acceptors (Lipinski definition) is 7. The summed E-state index contributed by atoms with van der Waals surface area (Å²) >= 11 is 0. The lowest BCUT2D eigenvalue weighted by Crippen LogP contribution is -2.37. The molecule has 3 heterocycles. The second kappa shape index (κ2) is 11.2. The third-order valence-electron chi connectivity index (χ3n) is 6.78. The van der Waals surface area contributed by atoms with Gasteiger partial charge < -0.3 is 21.0 Å². The molecule has 0 aromatic carbocycles. The number of carbonyl (C=O) groups excluding carboxylic acids is 2. The number of rotatable bonds is 8. The van der Waals surface area contributed by atoms with Crippen LogP contribution in [0.4, 0.5) is 0 Å². The van der Waals surface area contributed by atoms with Crippen molar-refractivity contribution in [2.75, 3.05) is 6.54 Å². The standard InChI is InChI=1S/C24H33N7O3/c1-15-21(31-34-30-15)24(33)29-22(16-7-4-2-3-5-8-16)19-14-27-20(28-19)11-10-18(25)13-17-9-6-12-26-23(17)32/h10-11,14,16-17,22,25H,2-9,12-13H2,1H3,(H,26,32)(H,27,28)(H,29,33)/b11-10-,25-18?/t17?,22-/m0/s1. The molecule has 34 heavy (non-hydrogen) atoms. The molecule has 2 fully saturated rings. The van der Waals surface area contributed by atoms with E-state index in [4.69, 9.17) is 10.0 Å². The normalized spacial score (nSPS) is 20.6. The molecule has 1 aliphatic carbocycles. The molecule has 0 bridgehead atoms. The molecule has 2 aliphatic rings. The summed E-state index contributed by atoms with van der Waals surface area (Å²) in [7, 11) is 0. The monoisotopic (exact) mass is 467 g/mol. The van der Waals surface area contributed by atoms with Crippen molar-refractivity contribution in [1.82, 2.24) is 30.9 Å². The van der Waals surface area contributed by atoms with E-state index in [1.54, 1.807) is 25.3 Å². The van der Waals surface area contributed by atoms with Gasteiger partial charge in [0.1, 0.15) is 11.5 Å². The summed E-state index contributed by atoms with van der Waals surface area (Å²) in [6, 6.07) is -0.235. The SMILES string of the molecule is Cc1nonc1C(=O)N[C@H](c1cnc(/C=C\C(=N)CC2CCCNC2=O)[nH]1)C1CCCCCC1. The van der Waals surface area contributed by atoms with Crippen molar-refractivity contribution >= 4 is 23.6 Å². The maximum Gasteiger partial charge on any atom is 0.276 e. The predicted molar refractivity (Wildman–Crippen MR) is 126 cm³/mol. The van der Waals surface area contributed by atoms with Gasteiger partial charge in [-0.15, -0.1) is 0 Å². The van der Waals surface area contributed by atoms with Gasteiger partial charge in [-0.25, -0.2) is 9.61 Å². The zero-order valence-corrected chi connectivity index (χ0v) is 19.6. The van der Waals surface area contributed by atoms with Crippen LogP contribution in [0.1, 0.15) is 91.5 Å². The van der Waals surface area contributed by atoms with Crippen molar-refractivity contribution in [1.29, 1.82) is 5.41 Å². The first-order valence-corrected chi connectivity index (χ1v) is 12.2. The number of aromatic amines is 1. The van der Waals surface area contributed by atoms with Crippen LogP contribution in [0.25, 0.3) is 6.08 Å². The quantitative estimate of drug-likeness (QED) is 0.345. The molecule has 4 N–H and O–H groups in total. The Kier molecular flexibility index (Phi) is 7.87. The van der Waals surface area contributed by atoms with E-state index >= 15 is 0 Å². The molecule has 4 rings (SSSR count). The van der Waals surface area contributed by atoms with E-state index < -0.39 is 0 Å². The van der Waals surface area contributed by atoms with Gasteiger partial charge in [-0.1, -0.05) is 30.8 Å². The number of carbonyl (C=O) groups is 2. The summed E-state index contributed by atoms with van der Waals surface area (Å²) in [5.41, 5.74) is 1.86. The lowest BCUT2D eigenvalue weighted by atomic mass is 9.90. The minimum atomic E-state index is -0.313. The highest BCUT2D eigenvalue weighted by atomic mass is 16.6. The second-order valence-corrected chi connectivity index (χ2v) is 9.32. The molecule has 1 saturated heterocycles. The molecule has 1 aliphatic heterocycles. The van der Waals surface area contributed by atoms with Gasteiger partial charge in [0.2, 0.25) is 5.91 Å². The third kappa shape index (κ3) is 5.98. The average molecular weight is 468 g/mol. The van der Waals surface area contributed by atoms with Gasteiger partial charge in [0, 0.05) is 24.6 Å². The minimum absolute atomic E-state index is 0.0317. The van der Waals surface area contributed by atoms with E-state index in [1.165, 1.54) is 12.8 Å². The molecule has 1 saturated carbocycles. The molecular formula is C24H33N7O3. The Labute approximate surface area is 198 Å². The van der Waals surface area contributed by atoms with Crippen molar-refractivity contribution in [3.8, 4) is 0 Å². The molecule has 2 amide bonds. The number of hydrogen-bond donors (Lipinski definition) is 4. The van der Waals surface area contributed by atoms with Crippen molar-refractivity contribution in [2.45, 2.75) is 70.8 Å². The maximum atomic E-state index is 12.9. The molecular weight excluding hydrogens is 434 g/mol. The average Bonchev–Trinajstić information content (AvgIpc) is 3.39. The first-order chi connectivity index (χ1) is 16.5. The van der Waals surface area contributed by atoms with Gasteiger partial charge in [0.05, 0.1) is 17.9 Å². The zero-order valence-electron chi connectivity index (χ0n) is 19.6. The Bertz CT molecular complexity index is 1030. The van der Waals surface area contributed by atoms with Gasteiger partial charge in [-0.3, -0.25) is 9.59 Å². The number of nitrogens with one attached hydrogen (secondary N) is 4. The van der Waals surface area contributed by atoms with Crippen molar-refractivity contribution in [3.63, 3.8) is 0 Å². The molecule has 2 atom stereocenters. The molecule has 0 radical (unpaired) electrons. The van der Waals surface area contributed by atoms with Crippen LogP contribution in [-0.2, 0) is 4.79 Å². The molecule has 2 aromatic heterocycles. The lowest BCUT2D eigenvalue weighted by Gasteiger charge is -2.26. The van der Waals surface area contributed by atoms with Gasteiger partial charge in [-0.2, -0.15) is 0 Å². The van der Waals surface area contributed by atoms with Crippen LogP contribution >= 0.6 is 0 Å². The Balaban J connectivity index is 1.46. The summed E-state index contributed by atoms with van der Waals surface area (Å²) in [6.07, 6.45) is 14.1. The number of amides is 2. The predicted octanol–water partition coefficient (Wildman–Crippen LogP) is 3.49. The van der Waals surface area contributed by atoms with Crippen LogP contribution in [-0.4, -0.2) is 44.4 Å². The van der Waals surface area contributed by atoms with Gasteiger partial charge in [0.15, 0.2) is 5.69 Å². The van der Waals surface area contributed by atoms with Crippen LogP contribution in [0, 0.1) is 24.2 Å². The van der Waals surface area contributed by atoms with E-state index in [2.05, 4.69) is 30.9 Å². The molecule has 182 valence electrons. The second-order valence-electron chi connectivity index (χ2n) is 9.32. The Hall–Kier alpha value is -3.30. The highest BCUT2D eigenvalue weighted by Gasteiger charge is 2.29. The van der Waals surface area contributed by atoms with Crippen LogP contribution in [0.5, 0.6) is 0 Å². The maximum absolute atomic E-state index is 12.9. The third-order valence-corrected chi connectivity index (χ3v) is 6.78. The molecule has 2 aromatic rings. The number of nitrogens with zero attached hydrogens (tertiary/aromatic N) is 3. The Morgan fingerprint density at radius 1 is 1.24 bits per heavy atom. The van der Waals surface area contributed by atoms with E-state index in [1.807, 2.05) is 0 Å². The van der Waals surface area contributed by atoms with Gasteiger partial charge >= 0.3 is 0 Å². The van der Waals surface area contributed by atoms with Crippen molar-refractivity contribution in [2.24, 2.45) is 11.8 Å². The highest BCUT2D eigenvalue weighted by molar-refractivity contribution is 5.98. The number of aromatic nitrogens is 4. The lowest BCUT2D eigenvalue weighted by molar-refractivity contribution is -0.126. The molecule has 10 nitrogen and oxygen atoms in total. The summed E-state index contributed by atoms with van der Waals surface area (Å²) in [4.78, 5) is 32.6. The summed E-state index contributed by atoms with van der Waals surface area (Å²) in [6.45, 7) is 2.41. The van der Waals surface area contributed by atoms with E-state index in [0.29, 0.717) is 23.7 Å². The van der Waals surface area contributed by atoms with E-state index in [0.717, 1.165) is 50.8 Å². The molecule has 0 spiro atoms. The van der Waals surface area contributed by atoms with Crippen molar-refractivity contribution < 1.29 is 14.2 Å². The van der Waals surface area contributed by atoms with Crippen molar-refractivity contribution in [3.05, 3.63) is 35.2 Å². The van der Waals surface area contributed by atoms with Crippen LogP contribution in [0.15, 0.2) is 16.9 Å². The topological polar surface area (TPSA) is 150 Å². The first-order valence-electron chi connectivity index (χ1n) is 12.2. The number of H-pyrrole nitrogens is 1. The first kappa shape index (κ1) is 23.8. The fourth-order valence-corrected chi connectivity index (χ4v) is 4.88. The summed E-state index contributed by atoms with van der Waals surface area (Å²) in [5.74, 6) is 0.478. The Morgan fingerprint density at radius 2 is 2.03 bits per heavy atom. The van der Waals surface area contributed by atoms with Crippen LogP contribution in [0.3, 0.4) is 0 Å². The number of aryl methyl sites for hydroxylation is 1. The van der Waals surface area contributed by atoms with Crippen LogP contribution < -0.4 is 10.6 Å². The highest BCUT2D eigenvalue weighted by Crippen LogP contribution is 2.33. The van der Waals surface area contributed by atoms with Gasteiger partial charge in [-0.05, 0) is 55.8 Å². The fraction of sp³-hybridized carbons (Fsp3) is 0.583. The molecule has 1 unspecified atom stereocenters. The summed E-state index contributed by atoms with van der Waals surface area (Å²) in [5, 5.41) is 21.7. The number of imidazole rings is 1. The molecule has 10 heteroatoms. The summed E-state index contributed by atoms with van der Waals surface area (Å²) < 4.78 is 4.70. The number of piperidine rings is 1. The fourth-order valence-electron chi connectivity index (χ4n) is 4.88. The van der Waals surface area contributed by atoms with Crippen LogP contribution in [0.2, 0.25) is 0 Å². The Morgan fingerprint density at radius 3 is 2.74 bits per heavy atom. The van der Waals surface area contributed by atoms with E-state index in [9.17, 15) is 9.59 Å². The zero-order chi connectivity index (χ0) is 23.9.